The van der Waals surface area contributed by atoms with Crippen molar-refractivity contribution < 1.29 is 30.2 Å². The molecule has 0 saturated carbocycles. The summed E-state index contributed by atoms with van der Waals surface area (Å²) in [7, 11) is 0. The minimum atomic E-state index is 0. The molecule has 0 fully saturated rings. The third-order valence-corrected chi connectivity index (χ3v) is 5.55. The molecule has 3 aromatic heterocycles. The summed E-state index contributed by atoms with van der Waals surface area (Å²) >= 11 is 0. The van der Waals surface area contributed by atoms with E-state index < -0.39 is 0 Å². The summed E-state index contributed by atoms with van der Waals surface area (Å²) in [6.45, 7) is 0. The zero-order valence-corrected chi connectivity index (χ0v) is 19.4. The first-order valence-electron chi connectivity index (χ1n) is 10.3. The summed E-state index contributed by atoms with van der Waals surface area (Å²) in [6, 6.07) is 30.5. The number of rotatable bonds is 0. The largest absolute Gasteiger partial charge is 2.00 e. The number of benzene rings is 2. The summed E-state index contributed by atoms with van der Waals surface area (Å²) in [5, 5.41) is 1.68. The van der Waals surface area contributed by atoms with Gasteiger partial charge in [0.25, 0.3) is 11.6 Å². The van der Waals surface area contributed by atoms with Gasteiger partial charge in [0.2, 0.25) is 0 Å². The molecule has 2 aliphatic heterocycles. The fourth-order valence-electron chi connectivity index (χ4n) is 4.12. The predicted molar refractivity (Wildman–Crippen MR) is 118 cm³/mol. The van der Waals surface area contributed by atoms with Crippen LogP contribution in [0, 0.1) is 12.1 Å². The number of pyridine rings is 2. The van der Waals surface area contributed by atoms with Crippen molar-refractivity contribution in [1.82, 2.24) is 19.9 Å². The second-order valence-corrected chi connectivity index (χ2v) is 7.55. The zero-order valence-electron chi connectivity index (χ0n) is 17.1. The van der Waals surface area contributed by atoms with Crippen LogP contribution in [0.5, 0.6) is 0 Å². The van der Waals surface area contributed by atoms with Gasteiger partial charge in [-0.15, -0.1) is 48.5 Å². The van der Waals surface area contributed by atoms with Crippen molar-refractivity contribution in [3.63, 3.8) is 0 Å². The van der Waals surface area contributed by atoms with Gasteiger partial charge in [-0.3, -0.25) is 0 Å². The summed E-state index contributed by atoms with van der Waals surface area (Å²) in [5.41, 5.74) is 3.22. The Morgan fingerprint density at radius 3 is 1.48 bits per heavy atom. The van der Waals surface area contributed by atoms with E-state index in [9.17, 15) is 0 Å². The standard InChI is InChI=1S/C26H14N6.Pt/c1-3-13-31-21(11-1)23-27-19-9-6-8-18(16-19)26-30-24(22-12-2-4-14-32(22)26)28-20-10-5-7-17(15-20)25(31)29-23;/h1-14H;/q;+2. The van der Waals surface area contributed by atoms with E-state index in [1.807, 2.05) is 94.3 Å². The molecule has 0 aliphatic carbocycles. The van der Waals surface area contributed by atoms with E-state index in [4.69, 9.17) is 19.9 Å². The van der Waals surface area contributed by atoms with Crippen LogP contribution in [0.25, 0.3) is 56.5 Å². The summed E-state index contributed by atoms with van der Waals surface area (Å²) in [6.07, 6.45) is 3.97. The number of hydrogen-bond donors (Lipinski definition) is 0. The van der Waals surface area contributed by atoms with Crippen LogP contribution in [0.2, 0.25) is 0 Å². The molecular formula is C26H14N6Pt+2. The fraction of sp³-hybridized carbons (Fsp3) is 0. The minimum absolute atomic E-state index is 0. The van der Waals surface area contributed by atoms with Crippen LogP contribution in [-0.4, -0.2) is 19.9 Å². The maximum absolute atomic E-state index is 4.86. The molecule has 33 heavy (non-hydrogen) atoms. The van der Waals surface area contributed by atoms with Gasteiger partial charge in [-0.05, 0) is 35.3 Å². The Morgan fingerprint density at radius 1 is 0.515 bits per heavy atom. The Kier molecular flexibility index (Phi) is 4.56. The smallest absolute Gasteiger partial charge is 0.231 e. The first-order chi connectivity index (χ1) is 15.8. The Hall–Kier alpha value is -3.89. The molecule has 2 aromatic carbocycles. The molecule has 0 radical (unpaired) electrons. The SMILES string of the molecule is [Pt+2].[c-]1c2cccc1c1nc(nc3[c-]c(ccc3)c3nc(n2)-c2cccc[n+]2-3)-c2cccc[n+]2-1. The van der Waals surface area contributed by atoms with Gasteiger partial charge in [-0.25, -0.2) is 19.1 Å². The molecule has 0 N–H and O–H groups in total. The average molecular weight is 606 g/mol. The van der Waals surface area contributed by atoms with Gasteiger partial charge in [-0.1, -0.05) is 32.9 Å². The van der Waals surface area contributed by atoms with Crippen LogP contribution in [0.15, 0.2) is 85.2 Å². The number of hydrogen-bond acceptors (Lipinski definition) is 4. The topological polar surface area (TPSA) is 59.3 Å². The summed E-state index contributed by atoms with van der Waals surface area (Å²) in [4.78, 5) is 19.4. The maximum Gasteiger partial charge on any atom is 2.00 e. The van der Waals surface area contributed by atoms with Crippen molar-refractivity contribution >= 4 is 21.8 Å². The molecule has 2 aliphatic rings. The molecule has 0 amide bonds. The van der Waals surface area contributed by atoms with Crippen LogP contribution in [0.4, 0.5) is 0 Å². The second kappa shape index (κ2) is 7.61. The van der Waals surface area contributed by atoms with Gasteiger partial charge >= 0.3 is 32.7 Å². The first-order valence-corrected chi connectivity index (χ1v) is 10.3. The van der Waals surface area contributed by atoms with Crippen molar-refractivity contribution in [1.29, 1.82) is 0 Å². The molecule has 8 bridgehead atoms. The van der Waals surface area contributed by atoms with Gasteiger partial charge in [0.1, 0.15) is 0 Å². The van der Waals surface area contributed by atoms with E-state index in [0.717, 1.165) is 33.8 Å². The van der Waals surface area contributed by atoms with Gasteiger partial charge in [-0.2, -0.15) is 0 Å². The van der Waals surface area contributed by atoms with Gasteiger partial charge < -0.3 is 0 Å². The van der Waals surface area contributed by atoms with Crippen LogP contribution < -0.4 is 9.13 Å². The van der Waals surface area contributed by atoms with E-state index in [-0.39, 0.29) is 21.1 Å². The molecule has 5 aromatic rings. The molecule has 0 atom stereocenters. The monoisotopic (exact) mass is 605 g/mol. The summed E-state index contributed by atoms with van der Waals surface area (Å²) in [5.74, 6) is 2.80. The number of fused-ring (bicyclic) bond motifs is 16. The normalized spacial score (nSPS) is 11.4. The van der Waals surface area contributed by atoms with E-state index in [2.05, 4.69) is 12.1 Å². The Balaban J connectivity index is 0.00000206. The van der Waals surface area contributed by atoms with E-state index in [1.54, 1.807) is 0 Å². The van der Waals surface area contributed by atoms with Crippen LogP contribution in [-0.2, 0) is 21.1 Å². The van der Waals surface area contributed by atoms with Crippen molar-refractivity contribution in [3.8, 4) is 34.7 Å². The predicted octanol–water partition coefficient (Wildman–Crippen LogP) is 3.37. The van der Waals surface area contributed by atoms with Gasteiger partial charge in [0.05, 0.1) is 12.4 Å². The van der Waals surface area contributed by atoms with Gasteiger partial charge in [0, 0.05) is 0 Å². The molecule has 6 nitrogen and oxygen atoms in total. The van der Waals surface area contributed by atoms with Gasteiger partial charge in [0.15, 0.2) is 11.4 Å². The zero-order chi connectivity index (χ0) is 21.1. The summed E-state index contributed by atoms with van der Waals surface area (Å²) < 4.78 is 4.06. The first kappa shape index (κ1) is 19.8. The van der Waals surface area contributed by atoms with Crippen LogP contribution in [0.1, 0.15) is 0 Å². The van der Waals surface area contributed by atoms with Crippen molar-refractivity contribution in [2.75, 3.05) is 0 Å². The van der Waals surface area contributed by atoms with Crippen molar-refractivity contribution in [2.24, 2.45) is 0 Å². The molecule has 7 rings (SSSR count). The average Bonchev–Trinajstić information content (AvgIpc) is 3.38. The van der Waals surface area contributed by atoms with Crippen molar-refractivity contribution in [3.05, 3.63) is 97.3 Å². The van der Waals surface area contributed by atoms with Crippen LogP contribution in [0.3, 0.4) is 0 Å². The van der Waals surface area contributed by atoms with E-state index in [0.29, 0.717) is 22.7 Å². The number of imidazole rings is 2. The molecule has 5 heterocycles. The minimum Gasteiger partial charge on any atom is -0.231 e. The van der Waals surface area contributed by atoms with Crippen LogP contribution >= 0.6 is 0 Å². The Labute approximate surface area is 203 Å². The van der Waals surface area contributed by atoms with E-state index >= 15 is 0 Å². The fourth-order valence-corrected chi connectivity index (χ4v) is 4.12. The molecule has 7 heteroatoms. The molecule has 0 spiro atoms. The molecular weight excluding hydrogens is 591 g/mol. The molecule has 156 valence electrons. The van der Waals surface area contributed by atoms with Crippen molar-refractivity contribution in [2.45, 2.75) is 0 Å². The Bertz CT molecular complexity index is 1570. The number of nitrogens with zero attached hydrogens (tertiary/aromatic N) is 6. The van der Waals surface area contributed by atoms with E-state index in [1.165, 1.54) is 0 Å². The third kappa shape index (κ3) is 3.14. The third-order valence-electron chi connectivity index (χ3n) is 5.55. The number of aromatic nitrogens is 6. The Morgan fingerprint density at radius 2 is 1.00 bits per heavy atom. The second-order valence-electron chi connectivity index (χ2n) is 7.55. The molecule has 0 saturated heterocycles. The molecule has 0 unspecified atom stereocenters. The maximum atomic E-state index is 4.86. The quantitative estimate of drug-likeness (QED) is 0.197.